The van der Waals surface area contributed by atoms with E-state index in [0.717, 1.165) is 18.1 Å². The average Bonchev–Trinajstić information content (AvgIpc) is 2.53. The molecule has 18 heavy (non-hydrogen) atoms. The first-order valence-electron chi connectivity index (χ1n) is 5.84. The van der Waals surface area contributed by atoms with Gasteiger partial charge in [-0.05, 0) is 18.1 Å². The summed E-state index contributed by atoms with van der Waals surface area (Å²) in [6, 6.07) is 3.88. The third-order valence-corrected chi connectivity index (χ3v) is 2.87. The summed E-state index contributed by atoms with van der Waals surface area (Å²) in [4.78, 5) is 0. The van der Waals surface area contributed by atoms with E-state index in [1.54, 1.807) is 17.7 Å². The van der Waals surface area contributed by atoms with Crippen LogP contribution in [-0.2, 0) is 19.8 Å². The van der Waals surface area contributed by atoms with E-state index >= 15 is 0 Å². The lowest BCUT2D eigenvalue weighted by atomic mass is 10.2. The van der Waals surface area contributed by atoms with E-state index in [2.05, 4.69) is 13.8 Å². The predicted molar refractivity (Wildman–Crippen MR) is 63.0 cm³/mol. The summed E-state index contributed by atoms with van der Waals surface area (Å²) in [6.07, 6.45) is -2.45. The lowest BCUT2D eigenvalue weighted by Gasteiger charge is -2.05. The topological polar surface area (TPSA) is 8.81 Å². The average molecular weight is 257 g/mol. The highest BCUT2D eigenvalue weighted by Gasteiger charge is 2.32. The Kier molecular flexibility index (Phi) is 3.09. The quantitative estimate of drug-likeness (QED) is 0.731. The van der Waals surface area contributed by atoms with E-state index in [1.165, 1.54) is 6.07 Å². The summed E-state index contributed by atoms with van der Waals surface area (Å²) in [6.45, 7) is 4.95. The molecular weight excluding hydrogens is 241 g/mol. The molecule has 0 N–H and O–H groups in total. The second-order valence-electron chi connectivity index (χ2n) is 4.97. The number of aryl methyl sites for hydroxylation is 1. The zero-order valence-electron chi connectivity index (χ0n) is 10.6. The Morgan fingerprint density at radius 2 is 1.94 bits per heavy atom. The fourth-order valence-corrected chi connectivity index (χ4v) is 2.10. The zero-order valence-corrected chi connectivity index (χ0v) is 10.6. The molecule has 0 aliphatic rings. The number of aromatic nitrogens is 2. The van der Waals surface area contributed by atoms with Gasteiger partial charge in [0.15, 0.2) is 11.0 Å². The van der Waals surface area contributed by atoms with Gasteiger partial charge in [-0.1, -0.05) is 13.8 Å². The van der Waals surface area contributed by atoms with E-state index in [4.69, 9.17) is 0 Å². The smallest absolute Gasteiger partial charge is 0.233 e. The standard InChI is InChI=1S/C13H16F3N2/c1-9(2)7-18-8-17(3)12-6-10(13(14,15)16)4-5-11(12)18/h4-6,8-9H,7H2,1-3H3/q+1. The Hall–Kier alpha value is -1.52. The third-order valence-electron chi connectivity index (χ3n) is 2.87. The maximum absolute atomic E-state index is 12.6. The number of imidazole rings is 1. The van der Waals surface area contributed by atoms with Crippen LogP contribution in [0.1, 0.15) is 19.4 Å². The molecule has 0 fully saturated rings. The highest BCUT2D eigenvalue weighted by atomic mass is 19.4. The zero-order chi connectivity index (χ0) is 13.5. The molecular formula is C13H16F3N2+. The molecule has 1 aromatic heterocycles. The second kappa shape index (κ2) is 4.30. The van der Waals surface area contributed by atoms with Crippen molar-refractivity contribution in [3.05, 3.63) is 30.1 Å². The van der Waals surface area contributed by atoms with E-state index < -0.39 is 11.7 Å². The molecule has 1 aromatic carbocycles. The molecule has 2 rings (SSSR count). The normalized spacial score (nSPS) is 12.6. The van der Waals surface area contributed by atoms with E-state index in [-0.39, 0.29) is 0 Å². The number of fused-ring (bicyclic) bond motifs is 1. The Balaban J connectivity index is 2.55. The fraction of sp³-hybridized carbons (Fsp3) is 0.462. The molecule has 0 atom stereocenters. The van der Waals surface area contributed by atoms with Crippen molar-refractivity contribution in [1.82, 2.24) is 4.57 Å². The summed E-state index contributed by atoms with van der Waals surface area (Å²) < 4.78 is 41.7. The number of alkyl halides is 3. The SMILES string of the molecule is CC(C)C[n+]1cn(C)c2cc(C(F)(F)F)ccc21. The Morgan fingerprint density at radius 1 is 1.28 bits per heavy atom. The molecule has 0 saturated heterocycles. The van der Waals surface area contributed by atoms with E-state index in [0.29, 0.717) is 11.4 Å². The van der Waals surface area contributed by atoms with Crippen LogP contribution in [0.5, 0.6) is 0 Å². The van der Waals surface area contributed by atoms with Gasteiger partial charge in [-0.15, -0.1) is 0 Å². The van der Waals surface area contributed by atoms with Crippen LogP contribution in [0.2, 0.25) is 0 Å². The highest BCUT2D eigenvalue weighted by Crippen LogP contribution is 2.30. The van der Waals surface area contributed by atoms with E-state index in [9.17, 15) is 13.2 Å². The van der Waals surface area contributed by atoms with Crippen molar-refractivity contribution in [3.8, 4) is 0 Å². The molecule has 0 bridgehead atoms. The van der Waals surface area contributed by atoms with Crippen molar-refractivity contribution in [2.24, 2.45) is 13.0 Å². The molecule has 0 aliphatic carbocycles. The molecule has 2 nitrogen and oxygen atoms in total. The van der Waals surface area contributed by atoms with Crippen molar-refractivity contribution in [1.29, 1.82) is 0 Å². The number of hydrogen-bond donors (Lipinski definition) is 0. The monoisotopic (exact) mass is 257 g/mol. The van der Waals surface area contributed by atoms with Crippen LogP contribution in [0.3, 0.4) is 0 Å². The first-order valence-corrected chi connectivity index (χ1v) is 5.84. The Bertz CT molecular complexity index is 567. The van der Waals surface area contributed by atoms with Crippen molar-refractivity contribution in [2.45, 2.75) is 26.6 Å². The number of benzene rings is 1. The summed E-state index contributed by atoms with van der Waals surface area (Å²) in [5, 5.41) is 0. The number of rotatable bonds is 2. The maximum atomic E-state index is 12.6. The van der Waals surface area contributed by atoms with Crippen molar-refractivity contribution < 1.29 is 17.7 Å². The minimum absolute atomic E-state index is 0.447. The Morgan fingerprint density at radius 3 is 2.50 bits per heavy atom. The fourth-order valence-electron chi connectivity index (χ4n) is 2.10. The molecule has 0 aliphatic heterocycles. The molecule has 0 unspecified atom stereocenters. The lowest BCUT2D eigenvalue weighted by Crippen LogP contribution is -2.34. The van der Waals surface area contributed by atoms with Gasteiger partial charge in [-0.2, -0.15) is 13.2 Å². The van der Waals surface area contributed by atoms with Gasteiger partial charge in [0.1, 0.15) is 0 Å². The first-order chi connectivity index (χ1) is 8.29. The summed E-state index contributed by atoms with van der Waals surface area (Å²) >= 11 is 0. The van der Waals surface area contributed by atoms with Crippen molar-refractivity contribution in [3.63, 3.8) is 0 Å². The summed E-state index contributed by atoms with van der Waals surface area (Å²) in [5.41, 5.74) is 0.831. The maximum Gasteiger partial charge on any atom is 0.416 e. The van der Waals surface area contributed by atoms with Gasteiger partial charge in [0, 0.05) is 6.07 Å². The summed E-state index contributed by atoms with van der Waals surface area (Å²) in [7, 11) is 1.76. The van der Waals surface area contributed by atoms with Crippen LogP contribution in [0.4, 0.5) is 13.2 Å². The van der Waals surface area contributed by atoms with Crippen LogP contribution in [0, 0.1) is 5.92 Å². The van der Waals surface area contributed by atoms with Gasteiger partial charge in [0.25, 0.3) is 0 Å². The highest BCUT2D eigenvalue weighted by molar-refractivity contribution is 5.72. The van der Waals surface area contributed by atoms with Gasteiger partial charge >= 0.3 is 6.18 Å². The van der Waals surface area contributed by atoms with Crippen LogP contribution >= 0.6 is 0 Å². The summed E-state index contributed by atoms with van der Waals surface area (Å²) in [5.74, 6) is 0.447. The van der Waals surface area contributed by atoms with Crippen LogP contribution in [0.25, 0.3) is 11.0 Å². The Labute approximate surface area is 104 Å². The molecule has 98 valence electrons. The first kappa shape index (κ1) is 12.9. The molecule has 1 heterocycles. The van der Waals surface area contributed by atoms with Crippen molar-refractivity contribution >= 4 is 11.0 Å². The molecule has 0 radical (unpaired) electrons. The van der Waals surface area contributed by atoms with Gasteiger partial charge in [0.2, 0.25) is 6.33 Å². The van der Waals surface area contributed by atoms with E-state index in [1.807, 2.05) is 10.9 Å². The minimum Gasteiger partial charge on any atom is -0.233 e. The number of nitrogens with zero attached hydrogens (tertiary/aromatic N) is 2. The molecule has 0 spiro atoms. The van der Waals surface area contributed by atoms with Crippen LogP contribution in [-0.4, -0.2) is 4.57 Å². The van der Waals surface area contributed by atoms with Gasteiger partial charge < -0.3 is 0 Å². The van der Waals surface area contributed by atoms with Crippen molar-refractivity contribution in [2.75, 3.05) is 0 Å². The molecule has 0 amide bonds. The minimum atomic E-state index is -4.29. The largest absolute Gasteiger partial charge is 0.416 e. The molecule has 0 saturated carbocycles. The van der Waals surface area contributed by atoms with Gasteiger partial charge in [0.05, 0.1) is 19.2 Å². The van der Waals surface area contributed by atoms with Gasteiger partial charge in [-0.3, -0.25) is 0 Å². The molecule has 5 heteroatoms. The number of hydrogen-bond acceptors (Lipinski definition) is 0. The van der Waals surface area contributed by atoms with Crippen LogP contribution < -0.4 is 4.57 Å². The second-order valence-corrected chi connectivity index (χ2v) is 4.97. The van der Waals surface area contributed by atoms with Gasteiger partial charge in [-0.25, -0.2) is 9.13 Å². The lowest BCUT2D eigenvalue weighted by molar-refractivity contribution is -0.677. The third kappa shape index (κ3) is 2.35. The predicted octanol–water partition coefficient (Wildman–Crippen LogP) is 3.14. The molecule has 2 aromatic rings. The number of halogens is 3. The van der Waals surface area contributed by atoms with Crippen LogP contribution in [0.15, 0.2) is 24.5 Å².